The van der Waals surface area contributed by atoms with Crippen LogP contribution in [0.1, 0.15) is 0 Å². The van der Waals surface area contributed by atoms with Crippen molar-refractivity contribution in [1.82, 2.24) is 0 Å². The van der Waals surface area contributed by atoms with E-state index in [1.54, 1.807) is 23.5 Å². The van der Waals surface area contributed by atoms with Crippen molar-refractivity contribution in [2.24, 2.45) is 0 Å². The van der Waals surface area contributed by atoms with Gasteiger partial charge in [-0.1, -0.05) is 66.7 Å². The standard InChI is InChI=1S/C20H15O3PS2.Pd/c21-26(22,23)19-13-7-5-11-17(19)24(16-9-2-1-3-10-16)20-14-15-8-4-6-12-18(15)25-20;/h1-14H,(H,21,22,23);. The Hall–Kier alpha value is -1.38. The molecular weight excluding hydrogens is 490 g/mol. The molecule has 0 saturated carbocycles. The zero-order valence-electron chi connectivity index (χ0n) is 13.9. The Bertz CT molecular complexity index is 1140. The Labute approximate surface area is 177 Å². The normalized spacial score (nSPS) is 12.5. The zero-order chi connectivity index (χ0) is 18.1. The van der Waals surface area contributed by atoms with Crippen LogP contribution in [0.25, 0.3) is 10.1 Å². The molecular formula is C20H15O3PPdS2. The van der Waals surface area contributed by atoms with Gasteiger partial charge in [0.05, 0.1) is 0 Å². The average molecular weight is 505 g/mol. The van der Waals surface area contributed by atoms with Crippen LogP contribution in [0.4, 0.5) is 0 Å². The number of rotatable bonds is 4. The average Bonchev–Trinajstić information content (AvgIpc) is 3.06. The maximum atomic E-state index is 12.0. The van der Waals surface area contributed by atoms with Crippen molar-refractivity contribution in [2.45, 2.75) is 4.90 Å². The van der Waals surface area contributed by atoms with Gasteiger partial charge >= 0.3 is 0 Å². The van der Waals surface area contributed by atoms with Crippen molar-refractivity contribution in [3.05, 3.63) is 84.9 Å². The molecule has 0 fully saturated rings. The summed E-state index contributed by atoms with van der Waals surface area (Å²) >= 11 is 1.67. The molecule has 0 aliphatic heterocycles. The van der Waals surface area contributed by atoms with E-state index in [1.165, 1.54) is 6.07 Å². The van der Waals surface area contributed by atoms with E-state index in [0.29, 0.717) is 5.30 Å². The van der Waals surface area contributed by atoms with Crippen molar-refractivity contribution in [2.75, 3.05) is 0 Å². The van der Waals surface area contributed by atoms with Gasteiger partial charge in [-0.3, -0.25) is 4.55 Å². The minimum Gasteiger partial charge on any atom is -0.282 e. The Morgan fingerprint density at radius 3 is 2.15 bits per heavy atom. The third-order valence-electron chi connectivity index (χ3n) is 4.03. The van der Waals surface area contributed by atoms with Gasteiger partial charge < -0.3 is 0 Å². The molecule has 1 N–H and O–H groups in total. The van der Waals surface area contributed by atoms with Crippen LogP contribution in [0.3, 0.4) is 0 Å². The topological polar surface area (TPSA) is 54.4 Å². The molecule has 3 aromatic carbocycles. The van der Waals surface area contributed by atoms with Gasteiger partial charge in [-0.2, -0.15) is 8.42 Å². The smallest absolute Gasteiger partial charge is 0.282 e. The first kappa shape index (κ1) is 20.4. The number of benzene rings is 3. The van der Waals surface area contributed by atoms with Crippen LogP contribution in [-0.4, -0.2) is 13.0 Å². The van der Waals surface area contributed by atoms with Gasteiger partial charge in [0.25, 0.3) is 10.1 Å². The van der Waals surface area contributed by atoms with Crippen LogP contribution in [0.15, 0.2) is 89.8 Å². The molecule has 0 saturated heterocycles. The van der Waals surface area contributed by atoms with Gasteiger partial charge in [0.1, 0.15) is 4.90 Å². The van der Waals surface area contributed by atoms with E-state index in [9.17, 15) is 13.0 Å². The number of fused-ring (bicyclic) bond motifs is 1. The van der Waals surface area contributed by atoms with Gasteiger partial charge in [-0.05, 0) is 36.8 Å². The summed E-state index contributed by atoms with van der Waals surface area (Å²) in [6, 6.07) is 26.8. The van der Waals surface area contributed by atoms with E-state index >= 15 is 0 Å². The molecule has 7 heteroatoms. The van der Waals surface area contributed by atoms with Crippen LogP contribution < -0.4 is 15.2 Å². The monoisotopic (exact) mass is 504 g/mol. The summed E-state index contributed by atoms with van der Waals surface area (Å²) in [6.45, 7) is 0. The number of thiophene rings is 1. The van der Waals surface area contributed by atoms with Crippen molar-refractivity contribution in [3.8, 4) is 0 Å². The van der Waals surface area contributed by atoms with Crippen LogP contribution in [0.5, 0.6) is 0 Å². The number of hydrogen-bond acceptors (Lipinski definition) is 3. The van der Waals surface area contributed by atoms with Crippen LogP contribution in [0.2, 0.25) is 0 Å². The predicted octanol–water partition coefficient (Wildman–Crippen LogP) is 3.90. The summed E-state index contributed by atoms with van der Waals surface area (Å²) in [5, 5.41) is 2.83. The molecule has 3 nitrogen and oxygen atoms in total. The Kier molecular flexibility index (Phi) is 6.28. The summed E-state index contributed by atoms with van der Waals surface area (Å²) in [5.74, 6) is 0. The molecule has 0 bridgehead atoms. The molecule has 0 amide bonds. The SMILES string of the molecule is O=S(=O)(O)c1ccccc1P(c1ccccc1)c1cc2ccccc2s1.[Pd]. The zero-order valence-corrected chi connectivity index (χ0v) is 18.0. The van der Waals surface area contributed by atoms with E-state index in [-0.39, 0.29) is 25.3 Å². The molecule has 1 aromatic heterocycles. The van der Waals surface area contributed by atoms with Crippen LogP contribution >= 0.6 is 19.3 Å². The van der Waals surface area contributed by atoms with Crippen molar-refractivity contribution < 1.29 is 33.4 Å². The van der Waals surface area contributed by atoms with E-state index < -0.39 is 18.0 Å². The molecule has 0 aliphatic carbocycles. The fourth-order valence-corrected chi connectivity index (χ4v) is 8.22. The summed E-state index contributed by atoms with van der Waals surface area (Å²) in [7, 11) is -5.40. The Balaban J connectivity index is 0.00000210. The molecule has 1 heterocycles. The van der Waals surface area contributed by atoms with Gasteiger partial charge in [0.2, 0.25) is 0 Å². The molecule has 0 spiro atoms. The van der Waals surface area contributed by atoms with Gasteiger partial charge in [-0.25, -0.2) is 0 Å². The van der Waals surface area contributed by atoms with Crippen LogP contribution in [0, 0.1) is 0 Å². The first-order chi connectivity index (χ1) is 12.5. The summed E-state index contributed by atoms with van der Waals surface area (Å²) < 4.78 is 35.9. The van der Waals surface area contributed by atoms with Gasteiger partial charge in [-0.15, -0.1) is 11.3 Å². The Morgan fingerprint density at radius 1 is 0.815 bits per heavy atom. The van der Waals surface area contributed by atoms with Crippen molar-refractivity contribution in [3.63, 3.8) is 0 Å². The second-order valence-corrected chi connectivity index (χ2v) is 10.7. The third kappa shape index (κ3) is 4.22. The van der Waals surface area contributed by atoms with Gasteiger partial charge in [0, 0.05) is 35.0 Å². The fraction of sp³-hybridized carbons (Fsp3) is 0. The molecule has 1 atom stereocenters. The predicted molar refractivity (Wildman–Crippen MR) is 110 cm³/mol. The van der Waals surface area contributed by atoms with E-state index in [4.69, 9.17) is 0 Å². The maximum Gasteiger partial charge on any atom is 0.295 e. The summed E-state index contributed by atoms with van der Waals surface area (Å²) in [6.07, 6.45) is 0. The van der Waals surface area contributed by atoms with Crippen molar-refractivity contribution in [1.29, 1.82) is 0 Å². The minimum absolute atomic E-state index is 0. The Morgan fingerprint density at radius 2 is 1.44 bits per heavy atom. The largest absolute Gasteiger partial charge is 0.295 e. The van der Waals surface area contributed by atoms with E-state index in [2.05, 4.69) is 18.2 Å². The van der Waals surface area contributed by atoms with E-state index in [0.717, 1.165) is 20.0 Å². The van der Waals surface area contributed by atoms with Crippen LogP contribution in [-0.2, 0) is 30.5 Å². The van der Waals surface area contributed by atoms with Gasteiger partial charge in [0.15, 0.2) is 0 Å². The molecule has 1 unspecified atom stereocenters. The van der Waals surface area contributed by atoms with E-state index in [1.807, 2.05) is 48.5 Å². The quantitative estimate of drug-likeness (QED) is 0.260. The first-order valence-electron chi connectivity index (χ1n) is 7.94. The molecule has 140 valence electrons. The maximum absolute atomic E-state index is 12.0. The summed E-state index contributed by atoms with van der Waals surface area (Å²) in [4.78, 5) is -0.0209. The second kappa shape index (κ2) is 8.33. The second-order valence-electron chi connectivity index (χ2n) is 5.74. The minimum atomic E-state index is -4.30. The molecule has 4 aromatic rings. The fourth-order valence-electron chi connectivity index (χ4n) is 2.90. The molecule has 4 rings (SSSR count). The third-order valence-corrected chi connectivity index (χ3v) is 9.09. The molecule has 0 radical (unpaired) electrons. The molecule has 0 aliphatic rings. The van der Waals surface area contributed by atoms with Crippen molar-refractivity contribution >= 4 is 54.7 Å². The number of hydrogen-bond donors (Lipinski definition) is 1. The first-order valence-corrected chi connectivity index (χ1v) is 11.5. The summed E-state index contributed by atoms with van der Waals surface area (Å²) in [5.41, 5.74) is 0. The molecule has 27 heavy (non-hydrogen) atoms.